The normalized spacial score (nSPS) is 11.6. The molecule has 23 heavy (non-hydrogen) atoms. The number of rotatable bonds is 10. The summed E-state index contributed by atoms with van der Waals surface area (Å²) in [6.45, 7) is 4.64. The molecule has 0 saturated heterocycles. The van der Waals surface area contributed by atoms with Crippen molar-refractivity contribution in [3.8, 4) is 0 Å². The van der Waals surface area contributed by atoms with Gasteiger partial charge in [0.15, 0.2) is 0 Å². The van der Waals surface area contributed by atoms with Crippen LogP contribution in [0.4, 0.5) is 0 Å². The predicted octanol–water partition coefficient (Wildman–Crippen LogP) is 5.63. The zero-order valence-electron chi connectivity index (χ0n) is 14.9. The molecule has 0 aliphatic heterocycles. The molecule has 0 bridgehead atoms. The van der Waals surface area contributed by atoms with Crippen LogP contribution in [0.5, 0.6) is 0 Å². The van der Waals surface area contributed by atoms with Crippen LogP contribution < -0.4 is 7.16 Å². The molecule has 1 heteroatoms. The molecule has 0 radical (unpaired) electrons. The van der Waals surface area contributed by atoms with Gasteiger partial charge in [0.2, 0.25) is 0 Å². The van der Waals surface area contributed by atoms with Crippen LogP contribution in [0.15, 0.2) is 60.7 Å². The predicted molar refractivity (Wildman–Crippen MR) is 107 cm³/mol. The second-order valence-corrected chi connectivity index (χ2v) is 19.1. The van der Waals surface area contributed by atoms with Crippen LogP contribution in [0.25, 0.3) is 0 Å². The quantitative estimate of drug-likeness (QED) is 0.349. The zero-order chi connectivity index (χ0) is 16.4. The second kappa shape index (κ2) is 10.2. The zero-order valence-corrected chi connectivity index (χ0v) is 17.8. The van der Waals surface area contributed by atoms with Crippen molar-refractivity contribution in [2.75, 3.05) is 0 Å². The molecule has 2 aromatic rings. The molecule has 0 N–H and O–H groups in total. The number of hydrogen-bond donors (Lipinski definition) is 0. The molecule has 0 heterocycles. The van der Waals surface area contributed by atoms with Gasteiger partial charge in [-0.15, -0.1) is 0 Å². The standard InChI is InChI=1S/2C6H5.2C5H11.Sn/c2*1-2-4-6-5-3-1;2*1-3-5-4-2;/h2*1-5H;2*1,3-5H2,2H3;. The van der Waals surface area contributed by atoms with E-state index < -0.39 is 18.4 Å². The molecule has 0 spiro atoms. The Bertz CT molecular complexity index is 481. The van der Waals surface area contributed by atoms with Crippen LogP contribution in [-0.4, -0.2) is 18.4 Å². The fourth-order valence-electron chi connectivity index (χ4n) is 3.74. The van der Waals surface area contributed by atoms with Gasteiger partial charge in [-0.2, -0.15) is 0 Å². The molecule has 124 valence electrons. The van der Waals surface area contributed by atoms with Crippen LogP contribution >= 0.6 is 0 Å². The van der Waals surface area contributed by atoms with Crippen LogP contribution in [0.3, 0.4) is 0 Å². The Hall–Kier alpha value is -0.761. The van der Waals surface area contributed by atoms with E-state index in [9.17, 15) is 0 Å². The number of unbranched alkanes of at least 4 members (excludes halogenated alkanes) is 4. The van der Waals surface area contributed by atoms with Gasteiger partial charge in [-0.1, -0.05) is 0 Å². The van der Waals surface area contributed by atoms with E-state index in [-0.39, 0.29) is 0 Å². The topological polar surface area (TPSA) is 0 Å². The third-order valence-electron chi connectivity index (χ3n) is 5.07. The van der Waals surface area contributed by atoms with E-state index >= 15 is 0 Å². The van der Waals surface area contributed by atoms with E-state index in [2.05, 4.69) is 74.5 Å². The van der Waals surface area contributed by atoms with Gasteiger partial charge in [0, 0.05) is 0 Å². The minimum absolute atomic E-state index is 1.32. The van der Waals surface area contributed by atoms with Crippen molar-refractivity contribution in [3.63, 3.8) is 0 Å². The first kappa shape index (κ1) is 18.6. The molecule has 0 fully saturated rings. The molecule has 0 aromatic heterocycles. The first-order valence-corrected chi connectivity index (χ1v) is 16.3. The Morgan fingerprint density at radius 2 is 0.957 bits per heavy atom. The molecular formula is C22H32Sn. The van der Waals surface area contributed by atoms with Gasteiger partial charge in [-0.05, 0) is 0 Å². The van der Waals surface area contributed by atoms with Gasteiger partial charge in [0.1, 0.15) is 0 Å². The summed E-state index contributed by atoms with van der Waals surface area (Å²) in [5.74, 6) is 0. The summed E-state index contributed by atoms with van der Waals surface area (Å²) < 4.78 is 6.36. The maximum atomic E-state index is 2.43. The van der Waals surface area contributed by atoms with Gasteiger partial charge in [-0.3, -0.25) is 0 Å². The monoisotopic (exact) mass is 416 g/mol. The van der Waals surface area contributed by atoms with Crippen LogP contribution in [0.2, 0.25) is 8.87 Å². The van der Waals surface area contributed by atoms with Crippen LogP contribution in [-0.2, 0) is 0 Å². The molecular weight excluding hydrogens is 383 g/mol. The molecule has 0 nitrogen and oxygen atoms in total. The Morgan fingerprint density at radius 1 is 0.565 bits per heavy atom. The van der Waals surface area contributed by atoms with Gasteiger partial charge in [-0.25, -0.2) is 0 Å². The molecule has 2 rings (SSSR count). The summed E-state index contributed by atoms with van der Waals surface area (Å²) in [4.78, 5) is 0. The van der Waals surface area contributed by atoms with Crippen molar-refractivity contribution in [2.24, 2.45) is 0 Å². The summed E-state index contributed by atoms with van der Waals surface area (Å²) in [5.41, 5.74) is 0. The molecule has 2 aromatic carbocycles. The van der Waals surface area contributed by atoms with Crippen molar-refractivity contribution in [1.29, 1.82) is 0 Å². The average Bonchev–Trinajstić information content (AvgIpc) is 2.62. The van der Waals surface area contributed by atoms with E-state index in [1.54, 1.807) is 7.16 Å². The van der Waals surface area contributed by atoms with E-state index in [4.69, 9.17) is 0 Å². The second-order valence-electron chi connectivity index (χ2n) is 6.73. The first-order valence-electron chi connectivity index (χ1n) is 9.44. The summed E-state index contributed by atoms with van der Waals surface area (Å²) in [7, 11) is 0. The third-order valence-corrected chi connectivity index (χ3v) is 20.2. The molecule has 0 unspecified atom stereocenters. The minimum atomic E-state index is -2.55. The van der Waals surface area contributed by atoms with Crippen molar-refractivity contribution in [1.82, 2.24) is 0 Å². The van der Waals surface area contributed by atoms with Crippen molar-refractivity contribution >= 4 is 25.5 Å². The van der Waals surface area contributed by atoms with Gasteiger partial charge in [0.05, 0.1) is 0 Å². The first-order chi connectivity index (χ1) is 11.3. The van der Waals surface area contributed by atoms with E-state index in [1.165, 1.54) is 47.4 Å². The van der Waals surface area contributed by atoms with Crippen molar-refractivity contribution in [2.45, 2.75) is 61.2 Å². The Morgan fingerprint density at radius 3 is 1.30 bits per heavy atom. The summed E-state index contributed by atoms with van der Waals surface area (Å²) >= 11 is -2.55. The summed E-state index contributed by atoms with van der Waals surface area (Å²) in [6.07, 6.45) is 8.21. The number of benzene rings is 2. The van der Waals surface area contributed by atoms with Crippen LogP contribution in [0, 0.1) is 0 Å². The Balaban J connectivity index is 2.39. The Kier molecular flexibility index (Phi) is 8.22. The summed E-state index contributed by atoms with van der Waals surface area (Å²) in [5, 5.41) is 0. The molecule has 0 aliphatic rings. The van der Waals surface area contributed by atoms with Crippen LogP contribution in [0.1, 0.15) is 52.4 Å². The molecule has 0 saturated carbocycles. The van der Waals surface area contributed by atoms with E-state index in [0.717, 1.165) is 0 Å². The average molecular weight is 415 g/mol. The van der Waals surface area contributed by atoms with Gasteiger partial charge in [0.25, 0.3) is 0 Å². The third kappa shape index (κ3) is 5.11. The fourth-order valence-corrected chi connectivity index (χ4v) is 18.3. The van der Waals surface area contributed by atoms with Gasteiger partial charge < -0.3 is 0 Å². The van der Waals surface area contributed by atoms with E-state index in [0.29, 0.717) is 0 Å². The van der Waals surface area contributed by atoms with Gasteiger partial charge >= 0.3 is 147 Å². The molecule has 0 amide bonds. The van der Waals surface area contributed by atoms with E-state index in [1.807, 2.05) is 0 Å². The maximum absolute atomic E-state index is 2.55. The molecule has 0 atom stereocenters. The summed E-state index contributed by atoms with van der Waals surface area (Å²) in [6, 6.07) is 23.1. The molecule has 0 aliphatic carbocycles. The SMILES string of the molecule is CCCC[CH2][Sn]([CH2]CCCC)([c]1ccccc1)[c]1ccccc1. The fraction of sp³-hybridized carbons (Fsp3) is 0.455. The Labute approximate surface area is 147 Å². The van der Waals surface area contributed by atoms with Crippen molar-refractivity contribution < 1.29 is 0 Å². The van der Waals surface area contributed by atoms with Crippen molar-refractivity contribution in [3.05, 3.63) is 60.7 Å². The number of hydrogen-bond acceptors (Lipinski definition) is 0.